The third-order valence-corrected chi connectivity index (χ3v) is 1.03. The van der Waals surface area contributed by atoms with E-state index in [2.05, 4.69) is 10.3 Å². The van der Waals surface area contributed by atoms with Crippen LogP contribution in [0.5, 0.6) is 0 Å². The molecule has 0 saturated carbocycles. The average molecular weight is 123 g/mol. The smallest absolute Gasteiger partial charge is 0.288 e. The molecule has 0 aliphatic carbocycles. The van der Waals surface area contributed by atoms with Crippen molar-refractivity contribution >= 4 is 5.91 Å². The lowest BCUT2D eigenvalue weighted by atomic mass is 10.4. The Morgan fingerprint density at radius 2 is 2.56 bits per heavy atom. The molecule has 9 heavy (non-hydrogen) atoms. The second-order valence-corrected chi connectivity index (χ2v) is 1.61. The van der Waals surface area contributed by atoms with Crippen LogP contribution in [0, 0.1) is 0 Å². The Hall–Kier alpha value is -1.25. The summed E-state index contributed by atoms with van der Waals surface area (Å²) in [6.07, 6.45) is 1.69. The fourth-order valence-electron chi connectivity index (χ4n) is 0.584. The molecule has 0 aromatic carbocycles. The minimum absolute atomic E-state index is 0.208. The maximum Gasteiger partial charge on any atom is 0.288 e. The summed E-state index contributed by atoms with van der Waals surface area (Å²) in [5, 5.41) is 3.46. The standard InChI is InChI=1S/C6H7N2O/c1-7-6(9)5-3-2-4-8-5/h2-4,8H,1H3. The van der Waals surface area contributed by atoms with Gasteiger partial charge in [-0.1, -0.05) is 0 Å². The predicted octanol–water partition coefficient (Wildman–Crippen LogP) is 0.389. The molecular formula is C6H7N2O. The van der Waals surface area contributed by atoms with Crippen molar-refractivity contribution in [1.82, 2.24) is 10.3 Å². The van der Waals surface area contributed by atoms with Crippen LogP contribution in [-0.2, 0) is 0 Å². The van der Waals surface area contributed by atoms with Crippen molar-refractivity contribution < 1.29 is 4.79 Å². The van der Waals surface area contributed by atoms with Gasteiger partial charge in [-0.05, 0) is 12.1 Å². The molecule has 1 amide bonds. The van der Waals surface area contributed by atoms with Crippen LogP contribution in [0.25, 0.3) is 0 Å². The van der Waals surface area contributed by atoms with E-state index in [4.69, 9.17) is 0 Å². The van der Waals surface area contributed by atoms with Crippen LogP contribution in [0.2, 0.25) is 0 Å². The van der Waals surface area contributed by atoms with Crippen molar-refractivity contribution in [1.29, 1.82) is 0 Å². The molecule has 0 unspecified atom stereocenters. The highest BCUT2D eigenvalue weighted by Gasteiger charge is 2.01. The summed E-state index contributed by atoms with van der Waals surface area (Å²) in [5.41, 5.74) is 0.539. The van der Waals surface area contributed by atoms with E-state index in [9.17, 15) is 4.79 Å². The molecule has 0 aliphatic heterocycles. The monoisotopic (exact) mass is 123 g/mol. The lowest BCUT2D eigenvalue weighted by molar-refractivity contribution is 0.0954. The fraction of sp³-hybridized carbons (Fsp3) is 0.167. The Balaban J connectivity index is 2.77. The Labute approximate surface area is 53.1 Å². The number of hydrogen-bond donors (Lipinski definition) is 1. The number of rotatable bonds is 1. The van der Waals surface area contributed by atoms with Gasteiger partial charge in [0.05, 0.1) is 0 Å². The lowest BCUT2D eigenvalue weighted by Gasteiger charge is -1.88. The van der Waals surface area contributed by atoms with E-state index in [-0.39, 0.29) is 5.91 Å². The number of nitrogens with zero attached hydrogens (tertiary/aromatic N) is 1. The predicted molar refractivity (Wildman–Crippen MR) is 33.2 cm³/mol. The SMILES string of the molecule is C[N]C(=O)c1ccc[nH]1. The van der Waals surface area contributed by atoms with E-state index in [1.807, 2.05) is 0 Å². The Kier molecular flexibility index (Phi) is 1.53. The summed E-state index contributed by atoms with van der Waals surface area (Å²) < 4.78 is 0. The first-order chi connectivity index (χ1) is 4.34. The molecule has 0 aliphatic rings. The third kappa shape index (κ3) is 1.10. The van der Waals surface area contributed by atoms with Gasteiger partial charge in [0.25, 0.3) is 5.91 Å². The highest BCUT2D eigenvalue weighted by molar-refractivity contribution is 5.91. The molecule has 1 heterocycles. The van der Waals surface area contributed by atoms with Gasteiger partial charge in [0, 0.05) is 13.2 Å². The first-order valence-corrected chi connectivity index (χ1v) is 2.62. The molecule has 1 rings (SSSR count). The van der Waals surface area contributed by atoms with Crippen LogP contribution in [-0.4, -0.2) is 17.9 Å². The summed E-state index contributed by atoms with van der Waals surface area (Å²) >= 11 is 0. The summed E-state index contributed by atoms with van der Waals surface area (Å²) in [7, 11) is 1.48. The van der Waals surface area contributed by atoms with Crippen molar-refractivity contribution in [2.45, 2.75) is 0 Å². The van der Waals surface area contributed by atoms with Crippen molar-refractivity contribution in [3.8, 4) is 0 Å². The molecule has 47 valence electrons. The fourth-order valence-corrected chi connectivity index (χ4v) is 0.584. The Bertz CT molecular complexity index is 191. The number of carbonyl (C=O) groups is 1. The summed E-state index contributed by atoms with van der Waals surface area (Å²) in [6.45, 7) is 0. The molecule has 0 bridgehead atoms. The van der Waals surface area contributed by atoms with Crippen LogP contribution in [0.15, 0.2) is 18.3 Å². The molecule has 0 spiro atoms. The lowest BCUT2D eigenvalue weighted by Crippen LogP contribution is -2.10. The third-order valence-electron chi connectivity index (χ3n) is 1.03. The number of aromatic nitrogens is 1. The number of carbonyl (C=O) groups excluding carboxylic acids is 1. The van der Waals surface area contributed by atoms with E-state index in [0.29, 0.717) is 5.69 Å². The van der Waals surface area contributed by atoms with Crippen LogP contribution < -0.4 is 5.32 Å². The molecule has 3 heteroatoms. The number of H-pyrrole nitrogens is 1. The molecule has 0 atom stereocenters. The zero-order valence-electron chi connectivity index (χ0n) is 5.09. The average Bonchev–Trinajstić information content (AvgIpc) is 2.37. The van der Waals surface area contributed by atoms with Gasteiger partial charge in [0.2, 0.25) is 0 Å². The summed E-state index contributed by atoms with van der Waals surface area (Å²) in [5.74, 6) is -0.208. The quantitative estimate of drug-likeness (QED) is 0.576. The van der Waals surface area contributed by atoms with Crippen LogP contribution in [0.3, 0.4) is 0 Å². The molecule has 1 aromatic rings. The molecule has 3 nitrogen and oxygen atoms in total. The van der Waals surface area contributed by atoms with Crippen LogP contribution in [0.1, 0.15) is 10.5 Å². The zero-order chi connectivity index (χ0) is 6.69. The maximum atomic E-state index is 10.7. The van der Waals surface area contributed by atoms with E-state index in [0.717, 1.165) is 0 Å². The van der Waals surface area contributed by atoms with Gasteiger partial charge >= 0.3 is 0 Å². The van der Waals surface area contributed by atoms with E-state index < -0.39 is 0 Å². The Morgan fingerprint density at radius 1 is 1.78 bits per heavy atom. The van der Waals surface area contributed by atoms with Crippen molar-refractivity contribution in [2.24, 2.45) is 0 Å². The topological polar surface area (TPSA) is 47.0 Å². The van der Waals surface area contributed by atoms with Gasteiger partial charge in [-0.3, -0.25) is 4.79 Å². The Morgan fingerprint density at radius 3 is 3.00 bits per heavy atom. The molecule has 1 N–H and O–H groups in total. The van der Waals surface area contributed by atoms with Gasteiger partial charge in [-0.15, -0.1) is 0 Å². The van der Waals surface area contributed by atoms with Gasteiger partial charge in [0.1, 0.15) is 5.69 Å². The van der Waals surface area contributed by atoms with E-state index in [1.165, 1.54) is 7.05 Å². The van der Waals surface area contributed by atoms with Crippen molar-refractivity contribution in [3.05, 3.63) is 24.0 Å². The zero-order valence-corrected chi connectivity index (χ0v) is 5.09. The van der Waals surface area contributed by atoms with Gasteiger partial charge < -0.3 is 4.98 Å². The minimum Gasteiger partial charge on any atom is -0.357 e. The highest BCUT2D eigenvalue weighted by Crippen LogP contribution is 1.92. The minimum atomic E-state index is -0.208. The molecule has 0 fully saturated rings. The summed E-state index contributed by atoms with van der Waals surface area (Å²) in [4.78, 5) is 13.4. The number of nitrogens with one attached hydrogen (secondary N) is 1. The molecule has 1 radical (unpaired) electrons. The van der Waals surface area contributed by atoms with Gasteiger partial charge in [0.15, 0.2) is 0 Å². The molecule has 1 aromatic heterocycles. The van der Waals surface area contributed by atoms with Crippen LogP contribution in [0.4, 0.5) is 0 Å². The maximum absolute atomic E-state index is 10.7. The molecular weight excluding hydrogens is 116 g/mol. The number of aromatic amines is 1. The van der Waals surface area contributed by atoms with Crippen LogP contribution >= 0.6 is 0 Å². The largest absolute Gasteiger partial charge is 0.357 e. The van der Waals surface area contributed by atoms with Gasteiger partial charge in [-0.2, -0.15) is 0 Å². The first-order valence-electron chi connectivity index (χ1n) is 2.62. The normalized spacial score (nSPS) is 9.00. The second-order valence-electron chi connectivity index (χ2n) is 1.61. The highest BCUT2D eigenvalue weighted by atomic mass is 16.1. The van der Waals surface area contributed by atoms with E-state index in [1.54, 1.807) is 18.3 Å². The van der Waals surface area contributed by atoms with Crippen molar-refractivity contribution in [2.75, 3.05) is 7.05 Å². The second kappa shape index (κ2) is 2.35. The van der Waals surface area contributed by atoms with E-state index >= 15 is 0 Å². The molecule has 0 saturated heterocycles. The van der Waals surface area contributed by atoms with Gasteiger partial charge in [-0.25, -0.2) is 5.32 Å². The number of hydrogen-bond acceptors (Lipinski definition) is 1. The first kappa shape index (κ1) is 5.88. The summed E-state index contributed by atoms with van der Waals surface area (Å²) in [6, 6.07) is 3.45. The number of amides is 1. The van der Waals surface area contributed by atoms with Crippen molar-refractivity contribution in [3.63, 3.8) is 0 Å².